The van der Waals surface area contributed by atoms with Gasteiger partial charge in [-0.1, -0.05) is 23.9 Å². The van der Waals surface area contributed by atoms with Crippen LogP contribution in [-0.2, 0) is 30.7 Å². The van der Waals surface area contributed by atoms with Crippen molar-refractivity contribution < 1.29 is 13.6 Å². The van der Waals surface area contributed by atoms with E-state index in [1.54, 1.807) is 40.4 Å². The first-order chi connectivity index (χ1) is 15.6. The molecule has 0 atom stereocenters. The molecule has 0 bridgehead atoms. The summed E-state index contributed by atoms with van der Waals surface area (Å²) in [6.07, 6.45) is 4.54. The average molecular weight is 470 g/mol. The van der Waals surface area contributed by atoms with Gasteiger partial charge in [0.1, 0.15) is 16.4 Å². The number of carbonyl (C=O) groups excluding carboxylic acids is 1. The highest BCUT2D eigenvalue weighted by Gasteiger charge is 2.24. The van der Waals surface area contributed by atoms with Crippen LogP contribution >= 0.6 is 23.1 Å². The van der Waals surface area contributed by atoms with Gasteiger partial charge in [-0.15, -0.1) is 11.3 Å². The van der Waals surface area contributed by atoms with Crippen LogP contribution in [0.3, 0.4) is 0 Å². The summed E-state index contributed by atoms with van der Waals surface area (Å²) in [5.74, 6) is 0.267. The van der Waals surface area contributed by atoms with E-state index in [1.807, 2.05) is 6.07 Å². The predicted octanol–water partition coefficient (Wildman–Crippen LogP) is 4.14. The maximum absolute atomic E-state index is 13.4. The van der Waals surface area contributed by atoms with E-state index in [0.29, 0.717) is 22.8 Å². The van der Waals surface area contributed by atoms with Crippen molar-refractivity contribution in [1.29, 1.82) is 0 Å². The second-order valence-electron chi connectivity index (χ2n) is 7.59. The minimum Gasteiger partial charge on any atom is -0.467 e. The van der Waals surface area contributed by atoms with Crippen LogP contribution in [0.4, 0.5) is 4.39 Å². The number of amides is 1. The van der Waals surface area contributed by atoms with Crippen molar-refractivity contribution in [1.82, 2.24) is 14.9 Å². The van der Waals surface area contributed by atoms with Crippen LogP contribution in [0.25, 0.3) is 10.2 Å². The third-order valence-electron chi connectivity index (χ3n) is 5.42. The van der Waals surface area contributed by atoms with E-state index in [2.05, 4.69) is 5.32 Å². The molecule has 3 heterocycles. The molecule has 32 heavy (non-hydrogen) atoms. The van der Waals surface area contributed by atoms with Gasteiger partial charge in [-0.05, 0) is 54.7 Å². The van der Waals surface area contributed by atoms with E-state index in [1.165, 1.54) is 28.8 Å². The van der Waals surface area contributed by atoms with Crippen molar-refractivity contribution in [2.75, 3.05) is 5.75 Å². The van der Waals surface area contributed by atoms with Crippen LogP contribution in [0.2, 0.25) is 0 Å². The first kappa shape index (κ1) is 21.0. The summed E-state index contributed by atoms with van der Waals surface area (Å²) in [5, 5.41) is 4.03. The Bertz CT molecular complexity index is 1330. The second-order valence-corrected chi connectivity index (χ2v) is 9.62. The zero-order valence-electron chi connectivity index (χ0n) is 17.1. The summed E-state index contributed by atoms with van der Waals surface area (Å²) < 4.78 is 20.1. The molecule has 0 aliphatic heterocycles. The molecule has 5 rings (SSSR count). The molecular formula is C23H20FN3O3S2. The predicted molar refractivity (Wildman–Crippen MR) is 123 cm³/mol. The van der Waals surface area contributed by atoms with Crippen LogP contribution in [0.5, 0.6) is 0 Å². The Labute approximate surface area is 191 Å². The van der Waals surface area contributed by atoms with Gasteiger partial charge in [0, 0.05) is 11.4 Å². The van der Waals surface area contributed by atoms with Crippen LogP contribution in [0, 0.1) is 5.82 Å². The number of nitrogens with one attached hydrogen (secondary N) is 1. The number of hydrogen-bond acceptors (Lipinski definition) is 6. The Balaban J connectivity index is 1.37. The van der Waals surface area contributed by atoms with Gasteiger partial charge in [0.25, 0.3) is 5.56 Å². The standard InChI is InChI=1S/C23H20FN3O3S2/c24-15-8-6-14(7-9-15)11-25-19(28)13-31-23-26-21-20(17-4-1-5-18(17)32-21)22(29)27(23)12-16-3-2-10-30-16/h2-3,6-10H,1,4-5,11-13H2,(H,25,28). The topological polar surface area (TPSA) is 77.1 Å². The third-order valence-corrected chi connectivity index (χ3v) is 7.58. The van der Waals surface area contributed by atoms with E-state index in [4.69, 9.17) is 9.40 Å². The van der Waals surface area contributed by atoms with Gasteiger partial charge < -0.3 is 9.73 Å². The fourth-order valence-corrected chi connectivity index (χ4v) is 5.98. The number of carbonyl (C=O) groups is 1. The molecule has 0 spiro atoms. The lowest BCUT2D eigenvalue weighted by Gasteiger charge is -2.11. The average Bonchev–Trinajstić information content (AvgIpc) is 3.52. The summed E-state index contributed by atoms with van der Waals surface area (Å²) in [4.78, 5) is 32.6. The molecular weight excluding hydrogens is 449 g/mol. The summed E-state index contributed by atoms with van der Waals surface area (Å²) in [7, 11) is 0. The van der Waals surface area contributed by atoms with Gasteiger partial charge in [-0.3, -0.25) is 14.2 Å². The molecule has 3 aromatic heterocycles. The Kier molecular flexibility index (Phi) is 5.84. The quantitative estimate of drug-likeness (QED) is 0.325. The van der Waals surface area contributed by atoms with E-state index in [-0.39, 0.29) is 29.6 Å². The highest BCUT2D eigenvalue weighted by atomic mass is 32.2. The molecule has 164 valence electrons. The number of thioether (sulfide) groups is 1. The van der Waals surface area contributed by atoms with Gasteiger partial charge in [-0.25, -0.2) is 9.37 Å². The van der Waals surface area contributed by atoms with Gasteiger partial charge >= 0.3 is 0 Å². The lowest BCUT2D eigenvalue weighted by atomic mass is 10.2. The Morgan fingerprint density at radius 3 is 2.88 bits per heavy atom. The Morgan fingerprint density at radius 2 is 2.09 bits per heavy atom. The highest BCUT2D eigenvalue weighted by molar-refractivity contribution is 7.99. The number of hydrogen-bond donors (Lipinski definition) is 1. The smallest absolute Gasteiger partial charge is 0.263 e. The molecule has 1 aromatic carbocycles. The van der Waals surface area contributed by atoms with Crippen LogP contribution in [0.1, 0.15) is 28.2 Å². The molecule has 4 aromatic rings. The molecule has 0 saturated carbocycles. The molecule has 1 N–H and O–H groups in total. The maximum Gasteiger partial charge on any atom is 0.263 e. The largest absolute Gasteiger partial charge is 0.467 e. The van der Waals surface area contributed by atoms with Crippen molar-refractivity contribution in [2.24, 2.45) is 0 Å². The number of halogens is 1. The van der Waals surface area contributed by atoms with E-state index >= 15 is 0 Å². The zero-order valence-corrected chi connectivity index (χ0v) is 18.7. The number of nitrogens with zero attached hydrogens (tertiary/aromatic N) is 2. The molecule has 1 amide bonds. The number of aryl methyl sites for hydroxylation is 2. The van der Waals surface area contributed by atoms with Crippen LogP contribution in [-0.4, -0.2) is 21.2 Å². The summed E-state index contributed by atoms with van der Waals surface area (Å²) in [6, 6.07) is 9.59. The van der Waals surface area contributed by atoms with Crippen molar-refractivity contribution >= 4 is 39.2 Å². The monoisotopic (exact) mass is 469 g/mol. The van der Waals surface area contributed by atoms with Gasteiger partial charge in [-0.2, -0.15) is 0 Å². The first-order valence-corrected chi connectivity index (χ1v) is 12.1. The number of benzene rings is 1. The van der Waals surface area contributed by atoms with Crippen LogP contribution < -0.4 is 10.9 Å². The highest BCUT2D eigenvalue weighted by Crippen LogP contribution is 2.35. The van der Waals surface area contributed by atoms with Crippen molar-refractivity contribution in [3.63, 3.8) is 0 Å². The Morgan fingerprint density at radius 1 is 1.25 bits per heavy atom. The summed E-state index contributed by atoms with van der Waals surface area (Å²) >= 11 is 2.81. The molecule has 1 aliphatic carbocycles. The number of fused-ring (bicyclic) bond motifs is 3. The number of thiophene rings is 1. The molecule has 0 fully saturated rings. The van der Waals surface area contributed by atoms with Crippen molar-refractivity contribution in [3.8, 4) is 0 Å². The first-order valence-electron chi connectivity index (χ1n) is 10.3. The SMILES string of the molecule is O=C(CSc1nc2sc3c(c2c(=O)n1Cc1ccco1)CCC3)NCc1ccc(F)cc1. The minimum absolute atomic E-state index is 0.0833. The molecule has 6 nitrogen and oxygen atoms in total. The Hall–Kier alpha value is -2.91. The normalized spacial score (nSPS) is 12.9. The molecule has 0 saturated heterocycles. The van der Waals surface area contributed by atoms with E-state index in [9.17, 15) is 14.0 Å². The number of rotatable bonds is 7. The lowest BCUT2D eigenvalue weighted by molar-refractivity contribution is -0.118. The van der Waals surface area contributed by atoms with Crippen molar-refractivity contribution in [2.45, 2.75) is 37.5 Å². The van der Waals surface area contributed by atoms with Gasteiger partial charge in [0.05, 0.1) is 23.9 Å². The van der Waals surface area contributed by atoms with E-state index < -0.39 is 0 Å². The zero-order chi connectivity index (χ0) is 22.1. The number of furan rings is 1. The van der Waals surface area contributed by atoms with Crippen LogP contribution in [0.15, 0.2) is 57.0 Å². The minimum atomic E-state index is -0.314. The molecule has 0 radical (unpaired) electrons. The summed E-state index contributed by atoms with van der Waals surface area (Å²) in [5.41, 5.74) is 1.86. The van der Waals surface area contributed by atoms with Gasteiger partial charge in [0.15, 0.2) is 5.16 Å². The fourth-order valence-electron chi connectivity index (χ4n) is 3.85. The molecule has 1 aliphatic rings. The third kappa shape index (κ3) is 4.22. The number of aromatic nitrogens is 2. The summed E-state index contributed by atoms with van der Waals surface area (Å²) in [6.45, 7) is 0.571. The fraction of sp³-hybridized carbons (Fsp3) is 0.261. The van der Waals surface area contributed by atoms with Crippen molar-refractivity contribution in [3.05, 3.63) is 80.6 Å². The molecule has 0 unspecified atom stereocenters. The van der Waals surface area contributed by atoms with Gasteiger partial charge in [0.2, 0.25) is 5.91 Å². The second kappa shape index (κ2) is 8.91. The lowest BCUT2D eigenvalue weighted by Crippen LogP contribution is -2.27. The maximum atomic E-state index is 13.4. The molecule has 9 heteroatoms. The van der Waals surface area contributed by atoms with E-state index in [0.717, 1.165) is 35.2 Å².